The van der Waals surface area contributed by atoms with Crippen molar-refractivity contribution < 1.29 is 4.79 Å². The fourth-order valence-electron chi connectivity index (χ4n) is 4.82. The summed E-state index contributed by atoms with van der Waals surface area (Å²) in [5.41, 5.74) is 2.72. The normalized spacial score (nSPS) is 18.6. The fourth-order valence-corrected chi connectivity index (χ4v) is 4.99. The van der Waals surface area contributed by atoms with E-state index in [-0.39, 0.29) is 17.4 Å². The Hall–Kier alpha value is -3.19. The topological polar surface area (TPSA) is 92.7 Å². The molecule has 2 heterocycles. The van der Waals surface area contributed by atoms with Gasteiger partial charge in [-0.15, -0.1) is 5.10 Å². The first-order chi connectivity index (χ1) is 16.1. The second-order valence-corrected chi connectivity index (χ2v) is 9.29. The molecule has 0 saturated heterocycles. The van der Waals surface area contributed by atoms with Crippen LogP contribution < -0.4 is 10.9 Å². The van der Waals surface area contributed by atoms with Crippen LogP contribution in [-0.4, -0.2) is 32.4 Å². The van der Waals surface area contributed by atoms with Crippen molar-refractivity contribution in [3.05, 3.63) is 69.6 Å². The van der Waals surface area contributed by atoms with Gasteiger partial charge < -0.3 is 10.3 Å². The third-order valence-electron chi connectivity index (χ3n) is 6.70. The average molecular weight is 464 g/mol. The number of carbonyl (C=O) groups excluding carboxylic acids is 1. The average Bonchev–Trinajstić information content (AvgIpc) is 3.23. The van der Waals surface area contributed by atoms with Crippen molar-refractivity contribution in [2.24, 2.45) is 11.8 Å². The molecule has 0 bridgehead atoms. The molecule has 0 unspecified atom stereocenters. The number of halogens is 1. The van der Waals surface area contributed by atoms with Crippen LogP contribution in [0.5, 0.6) is 0 Å². The van der Waals surface area contributed by atoms with Gasteiger partial charge in [-0.1, -0.05) is 28.9 Å². The van der Waals surface area contributed by atoms with E-state index >= 15 is 0 Å². The molecular formula is C25H26ClN5O2. The van der Waals surface area contributed by atoms with Gasteiger partial charge in [-0.05, 0) is 73.9 Å². The molecule has 1 saturated carbocycles. The zero-order chi connectivity index (χ0) is 22.8. The molecule has 2 N–H and O–H groups in total. The minimum atomic E-state index is -0.0981. The molecule has 0 aliphatic heterocycles. The number of hydrogen-bond acceptors (Lipinski definition) is 4. The van der Waals surface area contributed by atoms with E-state index < -0.39 is 0 Å². The number of rotatable bonds is 6. The number of amides is 1. The van der Waals surface area contributed by atoms with Gasteiger partial charge in [0.05, 0.1) is 5.39 Å². The number of benzene rings is 2. The second-order valence-electron chi connectivity index (χ2n) is 8.86. The van der Waals surface area contributed by atoms with E-state index in [9.17, 15) is 9.59 Å². The van der Waals surface area contributed by atoms with E-state index in [1.807, 2.05) is 36.5 Å². The van der Waals surface area contributed by atoms with Gasteiger partial charge in [-0.25, -0.2) is 4.68 Å². The maximum absolute atomic E-state index is 12.7. The lowest BCUT2D eigenvalue weighted by Gasteiger charge is -2.27. The van der Waals surface area contributed by atoms with E-state index in [0.29, 0.717) is 34.9 Å². The van der Waals surface area contributed by atoms with Crippen LogP contribution in [0, 0.1) is 11.8 Å². The van der Waals surface area contributed by atoms with Gasteiger partial charge in [0.1, 0.15) is 5.52 Å². The third-order valence-corrected chi connectivity index (χ3v) is 6.94. The predicted molar refractivity (Wildman–Crippen MR) is 129 cm³/mol. The fraction of sp³-hybridized carbons (Fsp3) is 0.360. The summed E-state index contributed by atoms with van der Waals surface area (Å²) >= 11 is 6.12. The Morgan fingerprint density at radius 1 is 1.12 bits per heavy atom. The number of carbonyl (C=O) groups is 1. The largest absolute Gasteiger partial charge is 0.361 e. The van der Waals surface area contributed by atoms with Crippen molar-refractivity contribution in [2.75, 3.05) is 6.54 Å². The van der Waals surface area contributed by atoms with Crippen molar-refractivity contribution in [3.8, 4) is 0 Å². The summed E-state index contributed by atoms with van der Waals surface area (Å²) < 4.78 is 1.47. The van der Waals surface area contributed by atoms with Crippen molar-refractivity contribution in [2.45, 2.75) is 38.6 Å². The first-order valence-corrected chi connectivity index (χ1v) is 11.8. The standard InChI is InChI=1S/C25H26ClN5O2/c26-19-9-10-22-21(13-19)18(14-28-22)11-12-27-24(32)17-7-5-16(6-8-17)15-31-25(33)20-3-1-2-4-23(20)29-30-31/h1-4,9-10,13-14,16-17,28H,5-8,11-12,15H2,(H,27,32). The number of hydrogen-bond donors (Lipinski definition) is 2. The van der Waals surface area contributed by atoms with Crippen molar-refractivity contribution in [1.82, 2.24) is 25.3 Å². The molecule has 2 aromatic carbocycles. The minimum Gasteiger partial charge on any atom is -0.361 e. The Balaban J connectivity index is 1.12. The predicted octanol–water partition coefficient (Wildman–Crippen LogP) is 4.09. The summed E-state index contributed by atoms with van der Waals surface area (Å²) in [7, 11) is 0. The van der Waals surface area contributed by atoms with Crippen LogP contribution in [0.25, 0.3) is 21.8 Å². The highest BCUT2D eigenvalue weighted by molar-refractivity contribution is 6.31. The Labute approximate surface area is 196 Å². The molecule has 8 heteroatoms. The van der Waals surface area contributed by atoms with Gasteiger partial charge in [-0.3, -0.25) is 9.59 Å². The molecule has 0 radical (unpaired) electrons. The summed E-state index contributed by atoms with van der Waals surface area (Å²) in [6.45, 7) is 1.15. The monoisotopic (exact) mass is 463 g/mol. The molecule has 7 nitrogen and oxygen atoms in total. The van der Waals surface area contributed by atoms with E-state index in [1.54, 1.807) is 12.1 Å². The molecule has 0 atom stereocenters. The van der Waals surface area contributed by atoms with Gasteiger partial charge >= 0.3 is 0 Å². The van der Waals surface area contributed by atoms with Crippen LogP contribution in [-0.2, 0) is 17.8 Å². The van der Waals surface area contributed by atoms with E-state index in [2.05, 4.69) is 20.6 Å². The van der Waals surface area contributed by atoms with E-state index in [1.165, 1.54) is 4.68 Å². The summed E-state index contributed by atoms with van der Waals surface area (Å²) in [5, 5.41) is 13.8. The van der Waals surface area contributed by atoms with E-state index in [4.69, 9.17) is 11.6 Å². The minimum absolute atomic E-state index is 0.0260. The zero-order valence-electron chi connectivity index (χ0n) is 18.3. The lowest BCUT2D eigenvalue weighted by Crippen LogP contribution is -2.35. The van der Waals surface area contributed by atoms with Gasteiger partial charge in [0.15, 0.2) is 0 Å². The molecule has 1 aliphatic rings. The molecule has 1 aliphatic carbocycles. The molecule has 1 amide bonds. The Morgan fingerprint density at radius 3 is 2.79 bits per heavy atom. The molecule has 4 aromatic rings. The van der Waals surface area contributed by atoms with Crippen LogP contribution >= 0.6 is 11.6 Å². The summed E-state index contributed by atoms with van der Waals surface area (Å²) in [6.07, 6.45) is 6.20. The van der Waals surface area contributed by atoms with E-state index in [0.717, 1.165) is 48.6 Å². The van der Waals surface area contributed by atoms with Crippen LogP contribution in [0.1, 0.15) is 31.2 Å². The first-order valence-electron chi connectivity index (χ1n) is 11.4. The van der Waals surface area contributed by atoms with Crippen molar-refractivity contribution in [1.29, 1.82) is 0 Å². The molecule has 2 aromatic heterocycles. The molecule has 170 valence electrons. The highest BCUT2D eigenvalue weighted by atomic mass is 35.5. The van der Waals surface area contributed by atoms with Crippen LogP contribution in [0.2, 0.25) is 5.02 Å². The molecule has 0 spiro atoms. The Bertz CT molecular complexity index is 1350. The van der Waals surface area contributed by atoms with Gasteiger partial charge in [-0.2, -0.15) is 0 Å². The van der Waals surface area contributed by atoms with Crippen molar-refractivity contribution in [3.63, 3.8) is 0 Å². The lowest BCUT2D eigenvalue weighted by molar-refractivity contribution is -0.126. The maximum Gasteiger partial charge on any atom is 0.277 e. The summed E-state index contributed by atoms with van der Waals surface area (Å²) in [6, 6.07) is 13.1. The lowest BCUT2D eigenvalue weighted by atomic mass is 9.81. The number of H-pyrrole nitrogens is 1. The van der Waals surface area contributed by atoms with Crippen LogP contribution in [0.4, 0.5) is 0 Å². The number of nitrogens with one attached hydrogen (secondary N) is 2. The zero-order valence-corrected chi connectivity index (χ0v) is 19.0. The SMILES string of the molecule is O=C(NCCc1c[nH]c2ccc(Cl)cc12)C1CCC(Cn2nnc3ccccc3c2=O)CC1. The number of aromatic nitrogens is 4. The van der Waals surface area contributed by atoms with Crippen LogP contribution in [0.15, 0.2) is 53.5 Å². The quantitative estimate of drug-likeness (QED) is 0.450. The van der Waals surface area contributed by atoms with Crippen LogP contribution in [0.3, 0.4) is 0 Å². The molecule has 33 heavy (non-hydrogen) atoms. The summed E-state index contributed by atoms with van der Waals surface area (Å²) in [5.74, 6) is 0.477. The molecule has 1 fully saturated rings. The number of fused-ring (bicyclic) bond motifs is 2. The Kier molecular flexibility index (Phi) is 6.13. The Morgan fingerprint density at radius 2 is 1.94 bits per heavy atom. The molecular weight excluding hydrogens is 438 g/mol. The highest BCUT2D eigenvalue weighted by Gasteiger charge is 2.27. The van der Waals surface area contributed by atoms with Gasteiger partial charge in [0.2, 0.25) is 5.91 Å². The first kappa shape index (κ1) is 21.6. The number of aromatic amines is 1. The van der Waals surface area contributed by atoms with Crippen molar-refractivity contribution >= 4 is 39.3 Å². The van der Waals surface area contributed by atoms with Gasteiger partial charge in [0.25, 0.3) is 5.56 Å². The number of nitrogens with zero attached hydrogens (tertiary/aromatic N) is 3. The second kappa shape index (κ2) is 9.35. The maximum atomic E-state index is 12.7. The smallest absolute Gasteiger partial charge is 0.277 e. The third kappa shape index (κ3) is 4.64. The van der Waals surface area contributed by atoms with Gasteiger partial charge in [0, 0.05) is 41.1 Å². The summed E-state index contributed by atoms with van der Waals surface area (Å²) in [4.78, 5) is 28.6. The highest BCUT2D eigenvalue weighted by Crippen LogP contribution is 2.30. The molecule has 5 rings (SSSR count).